The van der Waals surface area contributed by atoms with Gasteiger partial charge in [-0.05, 0) is 24.6 Å². The van der Waals surface area contributed by atoms with Crippen molar-refractivity contribution in [3.05, 3.63) is 48.0 Å². The van der Waals surface area contributed by atoms with Crippen molar-refractivity contribution in [2.75, 3.05) is 5.43 Å². The topological polar surface area (TPSA) is 79.8 Å². The van der Waals surface area contributed by atoms with E-state index >= 15 is 0 Å². The summed E-state index contributed by atoms with van der Waals surface area (Å²) in [4.78, 5) is 23.6. The van der Waals surface area contributed by atoms with Gasteiger partial charge in [0.05, 0.1) is 6.42 Å². The van der Waals surface area contributed by atoms with Gasteiger partial charge in [0.15, 0.2) is 0 Å². The van der Waals surface area contributed by atoms with Crippen molar-refractivity contribution in [3.63, 3.8) is 0 Å². The molecule has 18 heavy (non-hydrogen) atoms. The molecule has 6 nitrogen and oxygen atoms in total. The summed E-state index contributed by atoms with van der Waals surface area (Å²) in [6.07, 6.45) is 5.12. The molecule has 2 heterocycles. The Morgan fingerprint density at radius 2 is 2.00 bits per heavy atom. The molecule has 0 bridgehead atoms. The molecule has 0 saturated carbocycles. The van der Waals surface area contributed by atoms with E-state index < -0.39 is 0 Å². The molecule has 0 fully saturated rings. The molecule has 0 aliphatic rings. The summed E-state index contributed by atoms with van der Waals surface area (Å²) in [5.74, 6) is 0.181. The molecular weight excluding hydrogens is 230 g/mol. The van der Waals surface area contributed by atoms with Gasteiger partial charge < -0.3 is 0 Å². The maximum absolute atomic E-state index is 11.6. The number of hydrazine groups is 1. The fraction of sp³-hybridized carbons (Fsp3) is 0.167. The normalized spacial score (nSPS) is 9.83. The molecule has 0 saturated heterocycles. The zero-order valence-electron chi connectivity index (χ0n) is 9.92. The Hall–Kier alpha value is -2.50. The van der Waals surface area contributed by atoms with Crippen LogP contribution in [0.5, 0.6) is 0 Å². The molecule has 2 N–H and O–H groups in total. The number of rotatable bonds is 4. The van der Waals surface area contributed by atoms with E-state index in [1.807, 2.05) is 19.1 Å². The molecule has 1 amide bonds. The molecule has 0 unspecified atom stereocenters. The van der Waals surface area contributed by atoms with Crippen LogP contribution >= 0.6 is 0 Å². The monoisotopic (exact) mass is 243 g/mol. The molecule has 0 aliphatic heterocycles. The second-order valence-electron chi connectivity index (χ2n) is 3.73. The van der Waals surface area contributed by atoms with E-state index in [0.717, 1.165) is 11.3 Å². The predicted molar refractivity (Wildman–Crippen MR) is 66.5 cm³/mol. The lowest BCUT2D eigenvalue weighted by Crippen LogP contribution is -2.31. The van der Waals surface area contributed by atoms with Gasteiger partial charge in [0.1, 0.15) is 0 Å². The van der Waals surface area contributed by atoms with Crippen molar-refractivity contribution in [2.24, 2.45) is 0 Å². The number of pyridine rings is 1. The number of carbonyl (C=O) groups excluding carboxylic acids is 1. The Bertz CT molecular complexity index is 512. The van der Waals surface area contributed by atoms with Crippen LogP contribution in [0.3, 0.4) is 0 Å². The van der Waals surface area contributed by atoms with Crippen molar-refractivity contribution in [2.45, 2.75) is 13.3 Å². The van der Waals surface area contributed by atoms with Crippen molar-refractivity contribution in [3.8, 4) is 0 Å². The summed E-state index contributed by atoms with van der Waals surface area (Å²) in [6.45, 7) is 1.90. The van der Waals surface area contributed by atoms with Crippen LogP contribution in [0.15, 0.2) is 36.8 Å². The van der Waals surface area contributed by atoms with Crippen LogP contribution in [-0.2, 0) is 11.2 Å². The fourth-order valence-electron chi connectivity index (χ4n) is 1.32. The average Bonchev–Trinajstić information content (AvgIpc) is 2.40. The minimum absolute atomic E-state index is 0.173. The van der Waals surface area contributed by atoms with Crippen LogP contribution in [0.25, 0.3) is 0 Å². The standard InChI is InChI=1S/C12H13N5O/c1-9-3-4-10(8-15-9)7-11(18)16-17-12-13-5-2-6-14-12/h2-6,8H,7H2,1H3,(H,16,18)(H,13,14,17). The summed E-state index contributed by atoms with van der Waals surface area (Å²) in [5.41, 5.74) is 6.94. The van der Waals surface area contributed by atoms with Gasteiger partial charge in [0.25, 0.3) is 0 Å². The quantitative estimate of drug-likeness (QED) is 0.779. The number of carbonyl (C=O) groups is 1. The molecular formula is C12H13N5O. The van der Waals surface area contributed by atoms with Gasteiger partial charge in [0, 0.05) is 24.3 Å². The zero-order valence-corrected chi connectivity index (χ0v) is 9.92. The molecule has 92 valence electrons. The summed E-state index contributed by atoms with van der Waals surface area (Å²) in [6, 6.07) is 5.45. The molecule has 0 aromatic carbocycles. The maximum atomic E-state index is 11.6. The maximum Gasteiger partial charge on any atom is 0.242 e. The van der Waals surface area contributed by atoms with Crippen molar-refractivity contribution in [1.82, 2.24) is 20.4 Å². The first-order valence-corrected chi connectivity index (χ1v) is 5.47. The van der Waals surface area contributed by atoms with Gasteiger partial charge >= 0.3 is 0 Å². The van der Waals surface area contributed by atoms with Crippen LogP contribution in [-0.4, -0.2) is 20.9 Å². The second kappa shape index (κ2) is 5.72. The Kier molecular flexibility index (Phi) is 3.80. The second-order valence-corrected chi connectivity index (χ2v) is 3.73. The molecule has 2 aromatic heterocycles. The highest BCUT2D eigenvalue weighted by Crippen LogP contribution is 2.00. The Morgan fingerprint density at radius 3 is 2.67 bits per heavy atom. The van der Waals surface area contributed by atoms with E-state index in [2.05, 4.69) is 25.8 Å². The summed E-state index contributed by atoms with van der Waals surface area (Å²) < 4.78 is 0. The number of anilines is 1. The van der Waals surface area contributed by atoms with Gasteiger partial charge in [-0.2, -0.15) is 0 Å². The van der Waals surface area contributed by atoms with Gasteiger partial charge in [0.2, 0.25) is 11.9 Å². The molecule has 2 rings (SSSR count). The number of aryl methyl sites for hydroxylation is 1. The van der Waals surface area contributed by atoms with Crippen LogP contribution < -0.4 is 10.9 Å². The Labute approximate surface area is 104 Å². The average molecular weight is 243 g/mol. The van der Waals surface area contributed by atoms with Gasteiger partial charge in [-0.15, -0.1) is 0 Å². The highest BCUT2D eigenvalue weighted by molar-refractivity contribution is 5.79. The number of amides is 1. The van der Waals surface area contributed by atoms with Crippen LogP contribution in [0.4, 0.5) is 5.95 Å². The van der Waals surface area contributed by atoms with Gasteiger partial charge in [-0.25, -0.2) is 9.97 Å². The lowest BCUT2D eigenvalue weighted by Gasteiger charge is -2.06. The minimum atomic E-state index is -0.173. The van der Waals surface area contributed by atoms with E-state index in [4.69, 9.17) is 0 Å². The SMILES string of the molecule is Cc1ccc(CC(=O)NNc2ncccn2)cn1. The third kappa shape index (κ3) is 3.51. The van der Waals surface area contributed by atoms with E-state index in [9.17, 15) is 4.79 Å². The number of nitrogens with one attached hydrogen (secondary N) is 2. The third-order valence-corrected chi connectivity index (χ3v) is 2.22. The van der Waals surface area contributed by atoms with Gasteiger partial charge in [-0.1, -0.05) is 6.07 Å². The first-order chi connectivity index (χ1) is 8.74. The first kappa shape index (κ1) is 12.0. The summed E-state index contributed by atoms with van der Waals surface area (Å²) in [7, 11) is 0. The molecule has 0 radical (unpaired) electrons. The number of aromatic nitrogens is 3. The summed E-state index contributed by atoms with van der Waals surface area (Å²) >= 11 is 0. The van der Waals surface area contributed by atoms with E-state index in [0.29, 0.717) is 5.95 Å². The van der Waals surface area contributed by atoms with Crippen molar-refractivity contribution < 1.29 is 4.79 Å². The third-order valence-electron chi connectivity index (χ3n) is 2.22. The number of hydrogen-bond acceptors (Lipinski definition) is 5. The molecule has 2 aromatic rings. The van der Waals surface area contributed by atoms with Crippen molar-refractivity contribution in [1.29, 1.82) is 0 Å². The van der Waals surface area contributed by atoms with Crippen molar-refractivity contribution >= 4 is 11.9 Å². The number of nitrogens with zero attached hydrogens (tertiary/aromatic N) is 3. The highest BCUT2D eigenvalue weighted by Gasteiger charge is 2.03. The fourth-order valence-corrected chi connectivity index (χ4v) is 1.32. The highest BCUT2D eigenvalue weighted by atomic mass is 16.2. The predicted octanol–water partition coefficient (Wildman–Crippen LogP) is 0.866. The minimum Gasteiger partial charge on any atom is -0.273 e. The Morgan fingerprint density at radius 1 is 1.22 bits per heavy atom. The molecule has 0 atom stereocenters. The summed E-state index contributed by atoms with van der Waals surface area (Å²) in [5, 5.41) is 0. The van der Waals surface area contributed by atoms with E-state index in [1.54, 1.807) is 24.7 Å². The first-order valence-electron chi connectivity index (χ1n) is 5.47. The lowest BCUT2D eigenvalue weighted by atomic mass is 10.2. The largest absolute Gasteiger partial charge is 0.273 e. The van der Waals surface area contributed by atoms with Gasteiger partial charge in [-0.3, -0.25) is 20.6 Å². The van der Waals surface area contributed by atoms with Crippen LogP contribution in [0.1, 0.15) is 11.3 Å². The van der Waals surface area contributed by atoms with E-state index in [-0.39, 0.29) is 12.3 Å². The smallest absolute Gasteiger partial charge is 0.242 e. The number of hydrogen-bond donors (Lipinski definition) is 2. The Balaban J connectivity index is 1.84. The lowest BCUT2D eigenvalue weighted by molar-refractivity contribution is -0.119. The molecule has 0 spiro atoms. The van der Waals surface area contributed by atoms with E-state index in [1.165, 1.54) is 0 Å². The zero-order chi connectivity index (χ0) is 12.8. The molecule has 6 heteroatoms. The van der Waals surface area contributed by atoms with Crippen LogP contribution in [0.2, 0.25) is 0 Å². The molecule has 0 aliphatic carbocycles. The van der Waals surface area contributed by atoms with Crippen LogP contribution in [0, 0.1) is 6.92 Å².